The van der Waals surface area contributed by atoms with Crippen molar-refractivity contribution < 1.29 is 9.53 Å². The number of amides is 1. The molecule has 3 aliphatic rings. The monoisotopic (exact) mass is 371 g/mol. The molecule has 1 aromatic heterocycles. The minimum absolute atomic E-state index is 0.0346. The molecule has 1 saturated heterocycles. The Morgan fingerprint density at radius 2 is 1.92 bits per heavy atom. The first-order valence-electron chi connectivity index (χ1n) is 9.35. The van der Waals surface area contributed by atoms with Crippen LogP contribution in [0.1, 0.15) is 53.5 Å². The van der Waals surface area contributed by atoms with Gasteiger partial charge in [0.25, 0.3) is 5.91 Å². The maximum Gasteiger partial charge on any atom is 0.274 e. The van der Waals surface area contributed by atoms with E-state index in [4.69, 9.17) is 9.84 Å². The zero-order valence-corrected chi connectivity index (χ0v) is 15.9. The third-order valence-electron chi connectivity index (χ3n) is 5.46. The Morgan fingerprint density at radius 3 is 2.58 bits per heavy atom. The number of fused-ring (bicyclic) bond motifs is 1. The van der Waals surface area contributed by atoms with Crippen LogP contribution in [0.4, 0.5) is 0 Å². The van der Waals surface area contributed by atoms with Gasteiger partial charge in [-0.25, -0.2) is 0 Å². The Balaban J connectivity index is 1.81. The van der Waals surface area contributed by atoms with E-state index in [1.165, 1.54) is 12.8 Å². The molecule has 1 aliphatic carbocycles. The number of hydrogen-bond acceptors (Lipinski definition) is 4. The summed E-state index contributed by atoms with van der Waals surface area (Å²) >= 11 is 1.71. The summed E-state index contributed by atoms with van der Waals surface area (Å²) < 4.78 is 7.51. The van der Waals surface area contributed by atoms with Crippen LogP contribution in [0.3, 0.4) is 0 Å². The molecular weight excluding hydrogens is 346 g/mol. The van der Waals surface area contributed by atoms with Crippen molar-refractivity contribution in [2.24, 2.45) is 0 Å². The lowest BCUT2D eigenvalue weighted by Crippen LogP contribution is -2.41. The van der Waals surface area contributed by atoms with Gasteiger partial charge in [-0.1, -0.05) is 38.2 Å². The van der Waals surface area contributed by atoms with E-state index < -0.39 is 0 Å². The van der Waals surface area contributed by atoms with Crippen molar-refractivity contribution in [1.82, 2.24) is 14.7 Å². The van der Waals surface area contributed by atoms with Gasteiger partial charge in [-0.15, -0.1) is 11.8 Å². The zero-order valence-electron chi connectivity index (χ0n) is 15.1. The maximum atomic E-state index is 13.2. The Bertz CT molecular complexity index is 768. The molecule has 0 unspecified atom stereocenters. The molecule has 6 heteroatoms. The number of aromatic nitrogens is 2. The van der Waals surface area contributed by atoms with Gasteiger partial charge in [0.2, 0.25) is 0 Å². The average Bonchev–Trinajstić information content (AvgIpc) is 3.35. The van der Waals surface area contributed by atoms with Gasteiger partial charge in [-0.05, 0) is 12.8 Å². The van der Waals surface area contributed by atoms with Crippen molar-refractivity contribution in [1.29, 1.82) is 0 Å². The van der Waals surface area contributed by atoms with Crippen molar-refractivity contribution >= 4 is 23.2 Å². The van der Waals surface area contributed by atoms with Crippen LogP contribution >= 0.6 is 11.8 Å². The van der Waals surface area contributed by atoms with Gasteiger partial charge in [0.05, 0.1) is 24.9 Å². The average molecular weight is 372 g/mol. The molecule has 3 heterocycles. The number of carbonyl (C=O) groups excluding carboxylic acids is 1. The zero-order chi connectivity index (χ0) is 18.1. The Hall–Kier alpha value is -1.79. The molecule has 0 radical (unpaired) electrons. The van der Waals surface area contributed by atoms with Crippen LogP contribution in [-0.4, -0.2) is 46.9 Å². The van der Waals surface area contributed by atoms with Gasteiger partial charge in [0.15, 0.2) is 5.69 Å². The van der Waals surface area contributed by atoms with Crippen molar-refractivity contribution in [3.05, 3.63) is 47.2 Å². The number of nitrogens with zero attached hydrogens (tertiary/aromatic N) is 3. The molecule has 26 heavy (non-hydrogen) atoms. The third-order valence-corrected chi connectivity index (χ3v) is 6.59. The number of allylic oxidation sites excluding steroid dienone is 3. The number of thioether (sulfide) groups is 1. The Labute approximate surface area is 158 Å². The highest BCUT2D eigenvalue weighted by molar-refractivity contribution is 8.02. The highest BCUT2D eigenvalue weighted by Crippen LogP contribution is 2.43. The largest absolute Gasteiger partial charge is 0.378 e. The Morgan fingerprint density at radius 1 is 1.19 bits per heavy atom. The molecule has 4 rings (SSSR count). The van der Waals surface area contributed by atoms with Crippen LogP contribution in [0.25, 0.3) is 5.57 Å². The van der Waals surface area contributed by atoms with E-state index >= 15 is 0 Å². The van der Waals surface area contributed by atoms with E-state index in [1.54, 1.807) is 11.8 Å². The molecule has 138 valence electrons. The fourth-order valence-corrected chi connectivity index (χ4v) is 5.13. The van der Waals surface area contributed by atoms with Gasteiger partial charge in [0, 0.05) is 34.9 Å². The summed E-state index contributed by atoms with van der Waals surface area (Å²) in [4.78, 5) is 16.2. The summed E-state index contributed by atoms with van der Waals surface area (Å²) in [6.07, 6.45) is 8.48. The fourth-order valence-electron chi connectivity index (χ4n) is 4.10. The summed E-state index contributed by atoms with van der Waals surface area (Å²) in [5.74, 6) is 0.791. The minimum Gasteiger partial charge on any atom is -0.378 e. The maximum absolute atomic E-state index is 13.2. The normalized spacial score (nSPS) is 21.0. The molecule has 1 aromatic rings. The van der Waals surface area contributed by atoms with Crippen LogP contribution in [0.2, 0.25) is 0 Å². The molecule has 0 bridgehead atoms. The van der Waals surface area contributed by atoms with E-state index in [0.29, 0.717) is 38.0 Å². The molecule has 0 aromatic carbocycles. The predicted octanol–water partition coefficient (Wildman–Crippen LogP) is 3.80. The number of hydrogen-bond donors (Lipinski definition) is 0. The second kappa shape index (κ2) is 7.45. The molecule has 0 N–H and O–H groups in total. The Kier molecular flexibility index (Phi) is 5.05. The number of morpholine rings is 1. The molecule has 1 amide bonds. The van der Waals surface area contributed by atoms with Crippen LogP contribution in [0.5, 0.6) is 0 Å². The van der Waals surface area contributed by atoms with E-state index in [1.807, 2.05) is 17.1 Å². The first-order chi connectivity index (χ1) is 12.7. The summed E-state index contributed by atoms with van der Waals surface area (Å²) in [6.45, 7) is 10.5. The molecular formula is C20H25N3O2S. The standard InChI is InChI=1S/C20H25N3O2S/c1-3-15-17(4-2)26-13-16-18(20(24)22-9-11-25-12-10-22)21-23(19(15)16)14-7-5-6-8-14/h3-4,14H,1-2,5-13H2. The van der Waals surface area contributed by atoms with Crippen LogP contribution in [0.15, 0.2) is 30.2 Å². The SMILES string of the molecule is C=CC1=C(C=C)c2c(c(C(=O)N3CCOCC3)nn2C2CCCC2)CS1. The van der Waals surface area contributed by atoms with E-state index in [9.17, 15) is 4.79 Å². The van der Waals surface area contributed by atoms with Gasteiger partial charge in [-0.2, -0.15) is 5.10 Å². The van der Waals surface area contributed by atoms with E-state index in [-0.39, 0.29) is 5.91 Å². The summed E-state index contributed by atoms with van der Waals surface area (Å²) in [7, 11) is 0. The third kappa shape index (κ3) is 2.95. The topological polar surface area (TPSA) is 47.4 Å². The van der Waals surface area contributed by atoms with Gasteiger partial charge in [-0.3, -0.25) is 9.48 Å². The highest BCUT2D eigenvalue weighted by Gasteiger charge is 2.33. The first kappa shape index (κ1) is 17.6. The van der Waals surface area contributed by atoms with Crippen molar-refractivity contribution in [2.45, 2.75) is 37.5 Å². The quantitative estimate of drug-likeness (QED) is 0.808. The predicted molar refractivity (Wildman–Crippen MR) is 105 cm³/mol. The van der Waals surface area contributed by atoms with Crippen molar-refractivity contribution in [2.75, 3.05) is 26.3 Å². The first-order valence-corrected chi connectivity index (χ1v) is 10.3. The molecule has 0 spiro atoms. The number of rotatable bonds is 4. The van der Waals surface area contributed by atoms with E-state index in [0.717, 1.165) is 40.3 Å². The summed E-state index contributed by atoms with van der Waals surface area (Å²) in [6, 6.07) is 0.374. The van der Waals surface area contributed by atoms with Gasteiger partial charge in [0.1, 0.15) is 0 Å². The number of ether oxygens (including phenoxy) is 1. The summed E-state index contributed by atoms with van der Waals surface area (Å²) in [5.41, 5.74) is 3.81. The molecule has 1 saturated carbocycles. The highest BCUT2D eigenvalue weighted by atomic mass is 32.2. The van der Waals surface area contributed by atoms with E-state index in [2.05, 4.69) is 17.8 Å². The molecule has 2 fully saturated rings. The lowest BCUT2D eigenvalue weighted by molar-refractivity contribution is 0.0297. The summed E-state index contributed by atoms with van der Waals surface area (Å²) in [5, 5.41) is 4.87. The lowest BCUT2D eigenvalue weighted by atomic mass is 10.0. The minimum atomic E-state index is 0.0346. The van der Waals surface area contributed by atoms with Crippen LogP contribution < -0.4 is 0 Å². The van der Waals surface area contributed by atoms with Crippen molar-refractivity contribution in [3.8, 4) is 0 Å². The second-order valence-corrected chi connectivity index (χ2v) is 7.96. The molecule has 5 nitrogen and oxygen atoms in total. The molecule has 0 atom stereocenters. The van der Waals surface area contributed by atoms with Gasteiger partial charge >= 0.3 is 0 Å². The van der Waals surface area contributed by atoms with Crippen LogP contribution in [-0.2, 0) is 10.5 Å². The van der Waals surface area contributed by atoms with Crippen LogP contribution in [0, 0.1) is 0 Å². The smallest absolute Gasteiger partial charge is 0.274 e. The fraction of sp³-hybridized carbons (Fsp3) is 0.500. The second-order valence-electron chi connectivity index (χ2n) is 6.94. The number of carbonyl (C=O) groups is 1. The van der Waals surface area contributed by atoms with Gasteiger partial charge < -0.3 is 9.64 Å². The lowest BCUT2D eigenvalue weighted by Gasteiger charge is -2.26. The van der Waals surface area contributed by atoms with Crippen molar-refractivity contribution in [3.63, 3.8) is 0 Å². The molecule has 2 aliphatic heterocycles.